The van der Waals surface area contributed by atoms with Crippen molar-refractivity contribution in [1.82, 2.24) is 0 Å². The van der Waals surface area contributed by atoms with Crippen LogP contribution in [0.1, 0.15) is 5.56 Å². The molecule has 0 radical (unpaired) electrons. The number of ether oxygens (including phenoxy) is 1. The van der Waals surface area contributed by atoms with Crippen LogP contribution < -0.4 is 15.2 Å². The SMILES string of the molecule is COc1ccc(N)c(NS(=O)(=O)c2cc(C)ccc2F)c1. The Morgan fingerprint density at radius 1 is 1.19 bits per heavy atom. The molecule has 0 saturated heterocycles. The van der Waals surface area contributed by atoms with Crippen LogP contribution in [0.2, 0.25) is 0 Å². The highest BCUT2D eigenvalue weighted by Crippen LogP contribution is 2.27. The number of aryl methyl sites for hydroxylation is 1. The van der Waals surface area contributed by atoms with E-state index in [1.54, 1.807) is 13.0 Å². The Morgan fingerprint density at radius 3 is 2.57 bits per heavy atom. The number of methoxy groups -OCH3 is 1. The fourth-order valence-electron chi connectivity index (χ4n) is 1.77. The van der Waals surface area contributed by atoms with E-state index in [0.29, 0.717) is 11.3 Å². The number of nitrogen functional groups attached to an aromatic ring is 1. The number of hydrogen-bond acceptors (Lipinski definition) is 4. The van der Waals surface area contributed by atoms with E-state index in [9.17, 15) is 12.8 Å². The number of sulfonamides is 1. The van der Waals surface area contributed by atoms with Crippen molar-refractivity contribution in [3.05, 3.63) is 47.8 Å². The highest BCUT2D eigenvalue weighted by molar-refractivity contribution is 7.92. The van der Waals surface area contributed by atoms with Gasteiger partial charge in [0.25, 0.3) is 10.0 Å². The Bertz CT molecular complexity index is 776. The third-order valence-electron chi connectivity index (χ3n) is 2.88. The molecule has 0 heterocycles. The van der Waals surface area contributed by atoms with Crippen LogP contribution in [-0.4, -0.2) is 15.5 Å². The van der Waals surface area contributed by atoms with E-state index < -0.39 is 20.7 Å². The molecule has 0 aliphatic carbocycles. The minimum Gasteiger partial charge on any atom is -0.497 e. The zero-order valence-corrected chi connectivity index (χ0v) is 12.4. The predicted octanol–water partition coefficient (Wildman–Crippen LogP) is 2.53. The summed E-state index contributed by atoms with van der Waals surface area (Å²) in [7, 11) is -2.63. The van der Waals surface area contributed by atoms with Crippen molar-refractivity contribution in [2.75, 3.05) is 17.6 Å². The van der Waals surface area contributed by atoms with E-state index >= 15 is 0 Å². The molecular weight excluding hydrogens is 295 g/mol. The third kappa shape index (κ3) is 3.25. The summed E-state index contributed by atoms with van der Waals surface area (Å²) in [6.45, 7) is 1.68. The summed E-state index contributed by atoms with van der Waals surface area (Å²) in [4.78, 5) is -0.426. The molecular formula is C14H15FN2O3S. The number of hydrogen-bond donors (Lipinski definition) is 2. The van der Waals surface area contributed by atoms with Crippen LogP contribution in [0.3, 0.4) is 0 Å². The van der Waals surface area contributed by atoms with Gasteiger partial charge in [-0.25, -0.2) is 12.8 Å². The molecule has 112 valence electrons. The molecule has 21 heavy (non-hydrogen) atoms. The molecule has 3 N–H and O–H groups in total. The first kappa shape index (κ1) is 15.1. The van der Waals surface area contributed by atoms with Gasteiger partial charge in [0.15, 0.2) is 0 Å². The van der Waals surface area contributed by atoms with E-state index in [1.165, 1.54) is 31.4 Å². The number of benzene rings is 2. The van der Waals surface area contributed by atoms with Gasteiger partial charge in [-0.05, 0) is 36.8 Å². The van der Waals surface area contributed by atoms with Gasteiger partial charge >= 0.3 is 0 Å². The largest absolute Gasteiger partial charge is 0.497 e. The zero-order valence-electron chi connectivity index (χ0n) is 11.6. The lowest BCUT2D eigenvalue weighted by atomic mass is 10.2. The van der Waals surface area contributed by atoms with Crippen LogP contribution in [0, 0.1) is 12.7 Å². The van der Waals surface area contributed by atoms with E-state index in [4.69, 9.17) is 10.5 Å². The Morgan fingerprint density at radius 2 is 1.90 bits per heavy atom. The van der Waals surface area contributed by atoms with Gasteiger partial charge in [-0.15, -0.1) is 0 Å². The third-order valence-corrected chi connectivity index (χ3v) is 4.26. The fraction of sp³-hybridized carbons (Fsp3) is 0.143. The lowest BCUT2D eigenvalue weighted by Gasteiger charge is -2.12. The zero-order chi connectivity index (χ0) is 15.6. The van der Waals surface area contributed by atoms with Gasteiger partial charge in [0.1, 0.15) is 16.5 Å². The smallest absolute Gasteiger partial charge is 0.264 e. The van der Waals surface area contributed by atoms with Gasteiger partial charge < -0.3 is 10.5 Å². The monoisotopic (exact) mass is 310 g/mol. The second kappa shape index (κ2) is 5.61. The van der Waals surface area contributed by atoms with E-state index in [0.717, 1.165) is 6.07 Å². The first-order chi connectivity index (χ1) is 9.83. The minimum absolute atomic E-state index is 0.134. The Balaban J connectivity index is 2.44. The molecule has 0 aliphatic rings. The van der Waals surface area contributed by atoms with Crippen LogP contribution in [0.25, 0.3) is 0 Å². The Kier molecular flexibility index (Phi) is 4.04. The van der Waals surface area contributed by atoms with Gasteiger partial charge in [-0.2, -0.15) is 0 Å². The molecule has 2 aromatic carbocycles. The molecule has 0 unspecified atom stereocenters. The maximum Gasteiger partial charge on any atom is 0.264 e. The fourth-order valence-corrected chi connectivity index (χ4v) is 3.01. The predicted molar refractivity (Wildman–Crippen MR) is 79.4 cm³/mol. The number of nitrogens with two attached hydrogens (primary N) is 1. The molecule has 0 aromatic heterocycles. The van der Waals surface area contributed by atoms with Crippen molar-refractivity contribution >= 4 is 21.4 Å². The number of halogens is 1. The van der Waals surface area contributed by atoms with Crippen molar-refractivity contribution in [1.29, 1.82) is 0 Å². The number of rotatable bonds is 4. The highest BCUT2D eigenvalue weighted by atomic mass is 32.2. The summed E-state index contributed by atoms with van der Waals surface area (Å²) in [5.41, 5.74) is 6.71. The normalized spacial score (nSPS) is 11.2. The molecule has 0 aliphatic heterocycles. The van der Waals surface area contributed by atoms with Crippen LogP contribution in [-0.2, 0) is 10.0 Å². The van der Waals surface area contributed by atoms with Gasteiger partial charge in [-0.3, -0.25) is 4.72 Å². The van der Waals surface area contributed by atoms with Crippen LogP contribution in [0.15, 0.2) is 41.3 Å². The van der Waals surface area contributed by atoms with E-state index in [-0.39, 0.29) is 11.4 Å². The average Bonchev–Trinajstić information content (AvgIpc) is 2.43. The number of anilines is 2. The van der Waals surface area contributed by atoms with E-state index in [1.807, 2.05) is 0 Å². The Hall–Kier alpha value is -2.28. The molecule has 7 heteroatoms. The topological polar surface area (TPSA) is 81.4 Å². The Labute approximate surface area is 122 Å². The van der Waals surface area contributed by atoms with E-state index in [2.05, 4.69) is 4.72 Å². The summed E-state index contributed by atoms with van der Waals surface area (Å²) < 4.78 is 45.6. The summed E-state index contributed by atoms with van der Waals surface area (Å²) in [5.74, 6) is -0.388. The maximum absolute atomic E-state index is 13.7. The molecule has 0 atom stereocenters. The highest BCUT2D eigenvalue weighted by Gasteiger charge is 2.20. The molecule has 0 bridgehead atoms. The average molecular weight is 310 g/mol. The number of nitrogens with one attached hydrogen (secondary N) is 1. The van der Waals surface area contributed by atoms with Crippen LogP contribution >= 0.6 is 0 Å². The summed E-state index contributed by atoms with van der Waals surface area (Å²) in [5, 5.41) is 0. The molecule has 2 rings (SSSR count). The summed E-state index contributed by atoms with van der Waals surface area (Å²) >= 11 is 0. The standard InChI is InChI=1S/C14H15FN2O3S/c1-9-3-5-11(15)14(7-9)21(18,19)17-13-8-10(20-2)4-6-12(13)16/h3-8,17H,16H2,1-2H3. The second-order valence-corrected chi connectivity index (χ2v) is 6.14. The van der Waals surface area contributed by atoms with Gasteiger partial charge in [0, 0.05) is 6.07 Å². The molecule has 0 amide bonds. The lowest BCUT2D eigenvalue weighted by molar-refractivity contribution is 0.415. The molecule has 0 fully saturated rings. The molecule has 0 spiro atoms. The van der Waals surface area contributed by atoms with Crippen molar-refractivity contribution < 1.29 is 17.5 Å². The first-order valence-corrected chi connectivity index (χ1v) is 7.54. The molecule has 5 nitrogen and oxygen atoms in total. The summed E-state index contributed by atoms with van der Waals surface area (Å²) in [6.07, 6.45) is 0. The molecule has 0 saturated carbocycles. The summed E-state index contributed by atoms with van der Waals surface area (Å²) in [6, 6.07) is 8.39. The minimum atomic E-state index is -4.07. The first-order valence-electron chi connectivity index (χ1n) is 6.06. The maximum atomic E-state index is 13.7. The van der Waals surface area contributed by atoms with Gasteiger partial charge in [0.2, 0.25) is 0 Å². The van der Waals surface area contributed by atoms with Gasteiger partial charge in [0.05, 0.1) is 18.5 Å². The van der Waals surface area contributed by atoms with Crippen LogP contribution in [0.4, 0.5) is 15.8 Å². The van der Waals surface area contributed by atoms with Crippen molar-refractivity contribution in [2.24, 2.45) is 0 Å². The van der Waals surface area contributed by atoms with Crippen molar-refractivity contribution in [2.45, 2.75) is 11.8 Å². The van der Waals surface area contributed by atoms with Crippen LogP contribution in [0.5, 0.6) is 5.75 Å². The molecule has 2 aromatic rings. The second-order valence-electron chi connectivity index (χ2n) is 4.49. The van der Waals surface area contributed by atoms with Gasteiger partial charge in [-0.1, -0.05) is 6.07 Å². The van der Waals surface area contributed by atoms with Crippen molar-refractivity contribution in [3.8, 4) is 5.75 Å². The lowest BCUT2D eigenvalue weighted by Crippen LogP contribution is -2.16. The van der Waals surface area contributed by atoms with Crippen molar-refractivity contribution in [3.63, 3.8) is 0 Å². The quantitative estimate of drug-likeness (QED) is 0.850.